The maximum atomic E-state index is 2.26. The summed E-state index contributed by atoms with van der Waals surface area (Å²) in [5.74, 6) is 0. The molecule has 92 valence electrons. The van der Waals surface area contributed by atoms with Gasteiger partial charge in [-0.3, -0.25) is 0 Å². The van der Waals surface area contributed by atoms with Gasteiger partial charge in [0, 0.05) is 0 Å². The lowest BCUT2D eigenvalue weighted by Crippen LogP contribution is -2.08. The Morgan fingerprint density at radius 3 is 1.69 bits per heavy atom. The fraction of sp³-hybridized carbons (Fsp3) is 0.625. The van der Waals surface area contributed by atoms with E-state index in [0.717, 1.165) is 6.42 Å². The van der Waals surface area contributed by atoms with E-state index in [1.54, 1.807) is 0 Å². The van der Waals surface area contributed by atoms with Gasteiger partial charge in [0.15, 0.2) is 0 Å². The van der Waals surface area contributed by atoms with Crippen molar-refractivity contribution in [3.63, 3.8) is 0 Å². The van der Waals surface area contributed by atoms with E-state index in [4.69, 9.17) is 0 Å². The van der Waals surface area contributed by atoms with Crippen molar-refractivity contribution in [3.05, 3.63) is 35.9 Å². The molecule has 0 saturated heterocycles. The molecule has 0 aliphatic rings. The van der Waals surface area contributed by atoms with Crippen molar-refractivity contribution in [2.75, 3.05) is 0 Å². The molecule has 0 fully saturated rings. The third kappa shape index (κ3) is 9.76. The zero-order valence-corrected chi connectivity index (χ0v) is 11.7. The second kappa shape index (κ2) is 8.38. The number of unbranched alkanes of at least 4 members (excludes halogenated alkanes) is 2. The summed E-state index contributed by atoms with van der Waals surface area (Å²) in [6, 6.07) is 10.6. The van der Waals surface area contributed by atoms with Crippen LogP contribution in [0.3, 0.4) is 0 Å². The van der Waals surface area contributed by atoms with E-state index in [2.05, 4.69) is 65.0 Å². The maximum Gasteiger partial charge on any atom is -0.0230 e. The molecule has 0 bridgehead atoms. The first-order chi connectivity index (χ1) is 7.49. The minimum absolute atomic E-state index is 0.404. The van der Waals surface area contributed by atoms with Crippen LogP contribution in [0.15, 0.2) is 30.3 Å². The van der Waals surface area contributed by atoms with Crippen molar-refractivity contribution in [2.45, 2.75) is 60.3 Å². The number of hydrogen-bond donors (Lipinski definition) is 0. The summed E-state index contributed by atoms with van der Waals surface area (Å²) in [6.07, 6.45) is 5.24. The van der Waals surface area contributed by atoms with E-state index >= 15 is 0 Å². The molecule has 16 heavy (non-hydrogen) atoms. The average molecular weight is 220 g/mol. The van der Waals surface area contributed by atoms with Crippen LogP contribution in [0, 0.1) is 5.41 Å². The van der Waals surface area contributed by atoms with Gasteiger partial charge in [-0.15, -0.1) is 0 Å². The molecule has 0 spiro atoms. The number of hydrogen-bond acceptors (Lipinski definition) is 0. The Morgan fingerprint density at radius 2 is 1.38 bits per heavy atom. The second-order valence-electron chi connectivity index (χ2n) is 5.58. The van der Waals surface area contributed by atoms with Gasteiger partial charge < -0.3 is 0 Å². The molecule has 0 aromatic heterocycles. The molecule has 0 unspecified atom stereocenters. The van der Waals surface area contributed by atoms with Crippen LogP contribution >= 0.6 is 0 Å². The third-order valence-corrected chi connectivity index (χ3v) is 2.28. The molecule has 0 saturated carbocycles. The molecule has 0 heterocycles. The van der Waals surface area contributed by atoms with Crippen LogP contribution in [0.2, 0.25) is 0 Å². The van der Waals surface area contributed by atoms with Crippen LogP contribution < -0.4 is 0 Å². The fourth-order valence-electron chi connectivity index (χ4n) is 1.56. The Kier molecular flexibility index (Phi) is 7.97. The first kappa shape index (κ1) is 15.2. The Bertz CT molecular complexity index is 238. The van der Waals surface area contributed by atoms with Gasteiger partial charge in [-0.25, -0.2) is 0 Å². The van der Waals surface area contributed by atoms with Crippen LogP contribution in [0.25, 0.3) is 0 Å². The molecular formula is C16H28. The molecular weight excluding hydrogens is 192 g/mol. The summed E-state index contributed by atoms with van der Waals surface area (Å²) in [4.78, 5) is 0. The van der Waals surface area contributed by atoms with Crippen molar-refractivity contribution < 1.29 is 0 Å². The van der Waals surface area contributed by atoms with Crippen LogP contribution in [0.5, 0.6) is 0 Å². The van der Waals surface area contributed by atoms with Gasteiger partial charge in [-0.05, 0) is 17.4 Å². The molecule has 1 aromatic rings. The summed E-state index contributed by atoms with van der Waals surface area (Å²) in [7, 11) is 0. The van der Waals surface area contributed by atoms with Gasteiger partial charge in [-0.1, -0.05) is 84.2 Å². The maximum absolute atomic E-state index is 2.26. The average Bonchev–Trinajstić information content (AvgIpc) is 2.19. The number of rotatable bonds is 3. The highest BCUT2D eigenvalue weighted by atomic mass is 14.1. The molecule has 1 aromatic carbocycles. The van der Waals surface area contributed by atoms with Crippen molar-refractivity contribution in [1.29, 1.82) is 0 Å². The highest BCUT2D eigenvalue weighted by Gasteiger charge is 2.09. The Morgan fingerprint density at radius 1 is 0.875 bits per heavy atom. The summed E-state index contributed by atoms with van der Waals surface area (Å²) < 4.78 is 0. The van der Waals surface area contributed by atoms with E-state index in [1.165, 1.54) is 24.8 Å². The Labute approximate surface area is 102 Å². The first-order valence-corrected chi connectivity index (χ1v) is 6.53. The normalized spacial score (nSPS) is 10.6. The Balaban J connectivity index is 0.000000385. The lowest BCUT2D eigenvalue weighted by Gasteiger charge is -2.17. The van der Waals surface area contributed by atoms with Gasteiger partial charge in [0.1, 0.15) is 0 Å². The third-order valence-electron chi connectivity index (χ3n) is 2.28. The van der Waals surface area contributed by atoms with Crippen molar-refractivity contribution in [2.24, 2.45) is 5.41 Å². The molecule has 1 rings (SSSR count). The second-order valence-corrected chi connectivity index (χ2v) is 5.58. The smallest absolute Gasteiger partial charge is 0.0230 e. The molecule has 0 amide bonds. The summed E-state index contributed by atoms with van der Waals surface area (Å²) in [6.45, 7) is 11.2. The van der Waals surface area contributed by atoms with E-state index in [9.17, 15) is 0 Å². The molecule has 0 radical (unpaired) electrons. The van der Waals surface area contributed by atoms with Gasteiger partial charge in [-0.2, -0.15) is 0 Å². The lowest BCUT2D eigenvalue weighted by atomic mass is 9.88. The molecule has 0 heteroatoms. The van der Waals surface area contributed by atoms with Crippen molar-refractivity contribution in [1.82, 2.24) is 0 Å². The van der Waals surface area contributed by atoms with E-state index < -0.39 is 0 Å². The largest absolute Gasteiger partial charge is 0.0654 e. The predicted octanol–water partition coefficient (Wildman–Crippen LogP) is 5.47. The SMILES string of the molecule is CC(C)(C)Cc1ccccc1.CCCCC. The minimum atomic E-state index is 0.404. The molecule has 0 aliphatic heterocycles. The first-order valence-electron chi connectivity index (χ1n) is 6.53. The van der Waals surface area contributed by atoms with Crippen LogP contribution in [0.1, 0.15) is 59.4 Å². The minimum Gasteiger partial charge on any atom is -0.0654 e. The van der Waals surface area contributed by atoms with Crippen molar-refractivity contribution >= 4 is 0 Å². The molecule has 0 N–H and O–H groups in total. The summed E-state index contributed by atoms with van der Waals surface area (Å²) in [5, 5.41) is 0. The van der Waals surface area contributed by atoms with Crippen LogP contribution in [-0.2, 0) is 6.42 Å². The van der Waals surface area contributed by atoms with E-state index in [1.807, 2.05) is 0 Å². The van der Waals surface area contributed by atoms with Gasteiger partial charge in [0.25, 0.3) is 0 Å². The standard InChI is InChI=1S/C11H16.C5H12/c1-11(2,3)9-10-7-5-4-6-8-10;1-3-5-4-2/h4-8H,9H2,1-3H3;3-5H2,1-2H3. The monoisotopic (exact) mass is 220 g/mol. The molecule has 0 aliphatic carbocycles. The molecule has 0 nitrogen and oxygen atoms in total. The highest BCUT2D eigenvalue weighted by Crippen LogP contribution is 2.19. The van der Waals surface area contributed by atoms with Gasteiger partial charge in [0.05, 0.1) is 0 Å². The fourth-order valence-corrected chi connectivity index (χ4v) is 1.56. The lowest BCUT2D eigenvalue weighted by molar-refractivity contribution is 0.411. The Hall–Kier alpha value is -0.780. The van der Waals surface area contributed by atoms with Crippen molar-refractivity contribution in [3.8, 4) is 0 Å². The van der Waals surface area contributed by atoms with Gasteiger partial charge in [0.2, 0.25) is 0 Å². The van der Waals surface area contributed by atoms with E-state index in [-0.39, 0.29) is 0 Å². The van der Waals surface area contributed by atoms with Crippen LogP contribution in [0.4, 0.5) is 0 Å². The quantitative estimate of drug-likeness (QED) is 0.633. The summed E-state index contributed by atoms with van der Waals surface area (Å²) in [5.41, 5.74) is 1.83. The predicted molar refractivity (Wildman–Crippen MR) is 74.8 cm³/mol. The van der Waals surface area contributed by atoms with Gasteiger partial charge >= 0.3 is 0 Å². The molecule has 0 atom stereocenters. The zero-order chi connectivity index (χ0) is 12.4. The van der Waals surface area contributed by atoms with Crippen LogP contribution in [-0.4, -0.2) is 0 Å². The topological polar surface area (TPSA) is 0 Å². The zero-order valence-electron chi connectivity index (χ0n) is 11.7. The number of benzene rings is 1. The summed E-state index contributed by atoms with van der Waals surface area (Å²) >= 11 is 0. The highest BCUT2D eigenvalue weighted by molar-refractivity contribution is 5.15. The van der Waals surface area contributed by atoms with E-state index in [0.29, 0.717) is 5.41 Å².